The Hall–Kier alpha value is 0.0300. The molecule has 0 aliphatic rings. The van der Waals surface area contributed by atoms with Crippen molar-refractivity contribution < 1.29 is 9.47 Å². The zero-order chi connectivity index (χ0) is 9.68. The van der Waals surface area contributed by atoms with Gasteiger partial charge in [0.25, 0.3) is 0 Å². The molecular formula is C8H9Br2NO2. The van der Waals surface area contributed by atoms with E-state index in [4.69, 9.17) is 9.47 Å². The molecule has 0 N–H and O–H groups in total. The maximum atomic E-state index is 5.22. The summed E-state index contributed by atoms with van der Waals surface area (Å²) in [5, 5.41) is 0. The standard InChI is InChI=1S/C8H9Br2NO2/c1-12-5-13-4-6-7(9)2-11-3-8(6)10/h2-3H,4-5H2,1H3. The second-order valence-electron chi connectivity index (χ2n) is 2.34. The molecule has 5 heteroatoms. The first-order valence-electron chi connectivity index (χ1n) is 3.60. The lowest BCUT2D eigenvalue weighted by atomic mass is 10.3. The third kappa shape index (κ3) is 3.34. The smallest absolute Gasteiger partial charge is 0.146 e. The van der Waals surface area contributed by atoms with Crippen LogP contribution in [-0.2, 0) is 16.1 Å². The van der Waals surface area contributed by atoms with Gasteiger partial charge in [-0.3, -0.25) is 4.98 Å². The molecule has 13 heavy (non-hydrogen) atoms. The van der Waals surface area contributed by atoms with E-state index >= 15 is 0 Å². The Labute approximate surface area is 93.7 Å². The van der Waals surface area contributed by atoms with Crippen molar-refractivity contribution in [3.8, 4) is 0 Å². The fourth-order valence-electron chi connectivity index (χ4n) is 0.803. The van der Waals surface area contributed by atoms with Crippen LogP contribution in [0.15, 0.2) is 21.3 Å². The van der Waals surface area contributed by atoms with E-state index in [2.05, 4.69) is 36.8 Å². The summed E-state index contributed by atoms with van der Waals surface area (Å²) in [6.07, 6.45) is 3.46. The Morgan fingerprint density at radius 1 is 1.31 bits per heavy atom. The molecule has 0 saturated heterocycles. The maximum absolute atomic E-state index is 5.22. The van der Waals surface area contributed by atoms with Gasteiger partial charge in [-0.15, -0.1) is 0 Å². The highest BCUT2D eigenvalue weighted by molar-refractivity contribution is 9.11. The SMILES string of the molecule is COCOCc1c(Br)cncc1Br. The molecule has 0 unspecified atom stereocenters. The van der Waals surface area contributed by atoms with Crippen LogP contribution in [0.4, 0.5) is 0 Å². The van der Waals surface area contributed by atoms with Gasteiger partial charge in [0.15, 0.2) is 0 Å². The minimum Gasteiger partial charge on any atom is -0.359 e. The number of rotatable bonds is 4. The topological polar surface area (TPSA) is 31.4 Å². The third-order valence-corrected chi connectivity index (χ3v) is 2.77. The van der Waals surface area contributed by atoms with Crippen molar-refractivity contribution in [1.82, 2.24) is 4.98 Å². The van der Waals surface area contributed by atoms with Crippen molar-refractivity contribution in [2.75, 3.05) is 13.9 Å². The van der Waals surface area contributed by atoms with Gasteiger partial charge in [-0.05, 0) is 31.9 Å². The van der Waals surface area contributed by atoms with Crippen LogP contribution in [0.3, 0.4) is 0 Å². The monoisotopic (exact) mass is 309 g/mol. The van der Waals surface area contributed by atoms with Gasteiger partial charge >= 0.3 is 0 Å². The molecule has 1 heterocycles. The highest BCUT2D eigenvalue weighted by atomic mass is 79.9. The van der Waals surface area contributed by atoms with Crippen LogP contribution in [0.2, 0.25) is 0 Å². The van der Waals surface area contributed by atoms with E-state index in [9.17, 15) is 0 Å². The van der Waals surface area contributed by atoms with Crippen molar-refractivity contribution >= 4 is 31.9 Å². The second kappa shape index (κ2) is 5.70. The molecule has 72 valence electrons. The predicted octanol–water partition coefficient (Wildman–Crippen LogP) is 2.73. The van der Waals surface area contributed by atoms with E-state index in [1.54, 1.807) is 19.5 Å². The average Bonchev–Trinajstić information content (AvgIpc) is 2.10. The molecule has 0 radical (unpaired) electrons. The number of methoxy groups -OCH3 is 1. The molecule has 3 nitrogen and oxygen atoms in total. The van der Waals surface area contributed by atoms with Gasteiger partial charge in [0.1, 0.15) is 6.79 Å². The van der Waals surface area contributed by atoms with E-state index in [-0.39, 0.29) is 0 Å². The maximum Gasteiger partial charge on any atom is 0.146 e. The summed E-state index contributed by atoms with van der Waals surface area (Å²) in [6.45, 7) is 0.790. The van der Waals surface area contributed by atoms with Crippen molar-refractivity contribution in [2.24, 2.45) is 0 Å². The second-order valence-corrected chi connectivity index (χ2v) is 4.05. The van der Waals surface area contributed by atoms with Gasteiger partial charge in [-0.25, -0.2) is 0 Å². The Kier molecular flexibility index (Phi) is 4.87. The Morgan fingerprint density at radius 3 is 2.46 bits per heavy atom. The van der Waals surface area contributed by atoms with E-state index in [0.717, 1.165) is 14.5 Å². The van der Waals surface area contributed by atoms with E-state index in [1.165, 1.54) is 0 Å². The normalized spacial score (nSPS) is 10.4. The molecule has 0 aliphatic heterocycles. The number of ether oxygens (including phenoxy) is 2. The molecule has 1 aromatic rings. The van der Waals surface area contributed by atoms with E-state index in [1.807, 2.05) is 0 Å². The lowest BCUT2D eigenvalue weighted by molar-refractivity contribution is -0.0394. The van der Waals surface area contributed by atoms with Crippen LogP contribution < -0.4 is 0 Å². The van der Waals surface area contributed by atoms with Gasteiger partial charge in [0, 0.05) is 34.0 Å². The molecule has 0 saturated carbocycles. The molecule has 0 fully saturated rings. The highest BCUT2D eigenvalue weighted by Gasteiger charge is 2.04. The zero-order valence-electron chi connectivity index (χ0n) is 7.09. The van der Waals surface area contributed by atoms with E-state index < -0.39 is 0 Å². The van der Waals surface area contributed by atoms with Gasteiger partial charge in [0.05, 0.1) is 6.61 Å². The molecule has 0 aliphatic carbocycles. The minimum absolute atomic E-state index is 0.293. The number of nitrogens with zero attached hydrogens (tertiary/aromatic N) is 1. The molecule has 1 aromatic heterocycles. The Morgan fingerprint density at radius 2 is 1.92 bits per heavy atom. The van der Waals surface area contributed by atoms with Gasteiger partial charge < -0.3 is 9.47 Å². The third-order valence-electron chi connectivity index (χ3n) is 1.40. The number of aromatic nitrogens is 1. The van der Waals surface area contributed by atoms with Crippen LogP contribution in [0, 0.1) is 0 Å². The summed E-state index contributed by atoms with van der Waals surface area (Å²) >= 11 is 6.77. The Balaban J connectivity index is 2.64. The fourth-order valence-corrected chi connectivity index (χ4v) is 1.96. The Bertz CT molecular complexity index is 261. The molecule has 1 rings (SSSR count). The molecule has 0 aromatic carbocycles. The van der Waals surface area contributed by atoms with Crippen LogP contribution in [0.1, 0.15) is 5.56 Å². The van der Waals surface area contributed by atoms with Crippen LogP contribution in [0.25, 0.3) is 0 Å². The van der Waals surface area contributed by atoms with Crippen molar-refractivity contribution in [2.45, 2.75) is 6.61 Å². The van der Waals surface area contributed by atoms with Crippen molar-refractivity contribution in [3.05, 3.63) is 26.9 Å². The van der Waals surface area contributed by atoms with Crippen molar-refractivity contribution in [1.29, 1.82) is 0 Å². The average molecular weight is 311 g/mol. The summed E-state index contributed by atoms with van der Waals surface area (Å²) in [6, 6.07) is 0. The van der Waals surface area contributed by atoms with E-state index in [0.29, 0.717) is 13.4 Å². The largest absolute Gasteiger partial charge is 0.359 e. The molecule has 0 amide bonds. The molecule has 0 atom stereocenters. The van der Waals surface area contributed by atoms with Crippen LogP contribution in [0.5, 0.6) is 0 Å². The summed E-state index contributed by atoms with van der Waals surface area (Å²) in [4.78, 5) is 3.99. The first kappa shape index (κ1) is 11.1. The first-order chi connectivity index (χ1) is 6.25. The molecule has 0 spiro atoms. The van der Waals surface area contributed by atoms with Crippen LogP contribution in [-0.4, -0.2) is 18.9 Å². The van der Waals surface area contributed by atoms with Gasteiger partial charge in [-0.1, -0.05) is 0 Å². The molecule has 0 bridgehead atoms. The predicted molar refractivity (Wildman–Crippen MR) is 56.3 cm³/mol. The van der Waals surface area contributed by atoms with Gasteiger partial charge in [0.2, 0.25) is 0 Å². The van der Waals surface area contributed by atoms with Gasteiger partial charge in [-0.2, -0.15) is 0 Å². The summed E-state index contributed by atoms with van der Waals surface area (Å²) < 4.78 is 11.9. The number of halogens is 2. The fraction of sp³-hybridized carbons (Fsp3) is 0.375. The number of hydrogen-bond acceptors (Lipinski definition) is 3. The first-order valence-corrected chi connectivity index (χ1v) is 5.19. The minimum atomic E-state index is 0.293. The molecular weight excluding hydrogens is 302 g/mol. The number of hydrogen-bond donors (Lipinski definition) is 0. The lowest BCUT2D eigenvalue weighted by Gasteiger charge is -2.06. The zero-order valence-corrected chi connectivity index (χ0v) is 10.3. The van der Waals surface area contributed by atoms with Crippen LogP contribution >= 0.6 is 31.9 Å². The lowest BCUT2D eigenvalue weighted by Crippen LogP contribution is -1.98. The summed E-state index contributed by atoms with van der Waals surface area (Å²) in [5.74, 6) is 0. The number of pyridine rings is 1. The summed E-state index contributed by atoms with van der Waals surface area (Å²) in [7, 11) is 1.59. The quantitative estimate of drug-likeness (QED) is 0.633. The van der Waals surface area contributed by atoms with Crippen molar-refractivity contribution in [3.63, 3.8) is 0 Å². The summed E-state index contributed by atoms with van der Waals surface area (Å²) in [5.41, 5.74) is 1.03. The highest BCUT2D eigenvalue weighted by Crippen LogP contribution is 2.24.